The van der Waals surface area contributed by atoms with Crippen LogP contribution in [0, 0.1) is 0 Å². The number of hydrogen-bond donors (Lipinski definition) is 1. The second kappa shape index (κ2) is 6.74. The van der Waals surface area contributed by atoms with Gasteiger partial charge >= 0.3 is 0 Å². The zero-order valence-corrected chi connectivity index (χ0v) is 14.1. The van der Waals surface area contributed by atoms with Gasteiger partial charge in [-0.3, -0.25) is 4.79 Å². The summed E-state index contributed by atoms with van der Waals surface area (Å²) in [5.41, 5.74) is 2.52. The van der Waals surface area contributed by atoms with Crippen LogP contribution in [-0.4, -0.2) is 49.3 Å². The zero-order valence-electron chi connectivity index (χ0n) is 14.1. The first-order chi connectivity index (χ1) is 12.3. The molecule has 2 aromatic rings. The van der Waals surface area contributed by atoms with Crippen LogP contribution >= 0.6 is 0 Å². The number of rotatable bonds is 3. The van der Waals surface area contributed by atoms with Crippen molar-refractivity contribution in [3.05, 3.63) is 59.7 Å². The number of ether oxygens (including phenoxy) is 2. The molecule has 1 amide bonds. The Balaban J connectivity index is 1.77. The fourth-order valence-corrected chi connectivity index (χ4v) is 3.34. The van der Waals surface area contributed by atoms with Gasteiger partial charge in [-0.05, 0) is 29.8 Å². The van der Waals surface area contributed by atoms with Gasteiger partial charge in [-0.2, -0.15) is 0 Å². The summed E-state index contributed by atoms with van der Waals surface area (Å²) in [7, 11) is 1.65. The van der Waals surface area contributed by atoms with Crippen molar-refractivity contribution < 1.29 is 14.3 Å². The van der Waals surface area contributed by atoms with Crippen LogP contribution in [0.4, 0.5) is 5.69 Å². The van der Waals surface area contributed by atoms with Crippen LogP contribution in [0.3, 0.4) is 0 Å². The fourth-order valence-electron chi connectivity index (χ4n) is 3.34. The van der Waals surface area contributed by atoms with Crippen LogP contribution in [0.5, 0.6) is 5.75 Å². The average Bonchev–Trinajstić information content (AvgIpc) is 2.68. The third-order valence-corrected chi connectivity index (χ3v) is 4.60. The van der Waals surface area contributed by atoms with Crippen molar-refractivity contribution in [3.63, 3.8) is 0 Å². The average molecular weight is 339 g/mol. The maximum absolute atomic E-state index is 13.2. The Kier molecular flexibility index (Phi) is 4.29. The normalized spacial score (nSPS) is 20.8. The number of methoxy groups -OCH3 is 1. The van der Waals surface area contributed by atoms with E-state index in [4.69, 9.17) is 9.47 Å². The van der Waals surface area contributed by atoms with E-state index >= 15 is 0 Å². The Hall–Kier alpha value is -2.57. The molecule has 2 aromatic carbocycles. The number of benzene rings is 2. The van der Waals surface area contributed by atoms with E-state index in [2.05, 4.69) is 10.3 Å². The largest absolute Gasteiger partial charge is 0.497 e. The highest BCUT2D eigenvalue weighted by atomic mass is 16.5. The highest BCUT2D eigenvalue weighted by molar-refractivity contribution is 6.01. The maximum Gasteiger partial charge on any atom is 0.272 e. The van der Waals surface area contributed by atoms with Crippen LogP contribution in [0.25, 0.3) is 0 Å². The van der Waals surface area contributed by atoms with E-state index in [0.717, 1.165) is 17.0 Å². The van der Waals surface area contributed by atoms with Crippen molar-refractivity contribution in [2.45, 2.75) is 6.17 Å². The molecule has 2 heterocycles. The number of carbonyl (C=O) groups excluding carboxylic acids is 1. The zero-order chi connectivity index (χ0) is 17.2. The highest BCUT2D eigenvalue weighted by Gasteiger charge is 2.37. The van der Waals surface area contributed by atoms with E-state index in [1.807, 2.05) is 53.5 Å². The Bertz CT molecular complexity index is 774. The predicted octanol–water partition coefficient (Wildman–Crippen LogP) is 2.51. The van der Waals surface area contributed by atoms with Gasteiger partial charge in [-0.1, -0.05) is 24.3 Å². The summed E-state index contributed by atoms with van der Waals surface area (Å²) in [6.07, 6.45) is -0.282. The van der Waals surface area contributed by atoms with E-state index in [-0.39, 0.29) is 12.1 Å². The van der Waals surface area contributed by atoms with Gasteiger partial charge in [0, 0.05) is 18.8 Å². The Labute approximate surface area is 146 Å². The van der Waals surface area contributed by atoms with Crippen molar-refractivity contribution in [2.75, 3.05) is 38.7 Å². The van der Waals surface area contributed by atoms with Crippen molar-refractivity contribution in [1.29, 1.82) is 0 Å². The van der Waals surface area contributed by atoms with Crippen molar-refractivity contribution >= 4 is 11.6 Å². The van der Waals surface area contributed by atoms with Gasteiger partial charge in [0.2, 0.25) is 0 Å². The Morgan fingerprint density at radius 2 is 1.92 bits per heavy atom. The molecule has 2 aliphatic rings. The highest BCUT2D eigenvalue weighted by Crippen LogP contribution is 2.35. The summed E-state index contributed by atoms with van der Waals surface area (Å²) < 4.78 is 10.8. The number of anilines is 1. The number of hydrazine groups is 1. The molecular formula is C19H21N3O3. The molecule has 1 fully saturated rings. The number of hydrogen-bond acceptors (Lipinski definition) is 5. The third-order valence-electron chi connectivity index (χ3n) is 4.60. The van der Waals surface area contributed by atoms with Gasteiger partial charge in [-0.25, -0.2) is 10.0 Å². The molecule has 130 valence electrons. The Morgan fingerprint density at radius 1 is 1.12 bits per heavy atom. The summed E-state index contributed by atoms with van der Waals surface area (Å²) in [6.45, 7) is 2.62. The molecule has 2 aliphatic heterocycles. The first-order valence-corrected chi connectivity index (χ1v) is 8.43. The van der Waals surface area contributed by atoms with Gasteiger partial charge in [0.05, 0.1) is 25.9 Å². The molecule has 6 heteroatoms. The SMILES string of the molecule is COc1cccc(C2Nc3ccccc3C(=O)N2N2CCOCC2)c1. The standard InChI is InChI=1S/C19H21N3O3/c1-24-15-6-4-5-14(13-15)18-20-17-8-3-2-7-16(17)19(23)22(18)21-9-11-25-12-10-21/h2-8,13,18,20H,9-12H2,1H3. The summed E-state index contributed by atoms with van der Waals surface area (Å²) in [6, 6.07) is 15.4. The number of fused-ring (bicyclic) bond motifs is 1. The quantitative estimate of drug-likeness (QED) is 0.931. The number of morpholine rings is 1. The van der Waals surface area contributed by atoms with E-state index in [0.29, 0.717) is 31.9 Å². The molecule has 1 N–H and O–H groups in total. The first kappa shape index (κ1) is 15.9. The van der Waals surface area contributed by atoms with Gasteiger partial charge in [0.1, 0.15) is 11.9 Å². The molecule has 25 heavy (non-hydrogen) atoms. The lowest BCUT2D eigenvalue weighted by Gasteiger charge is -2.45. The van der Waals surface area contributed by atoms with Gasteiger partial charge in [-0.15, -0.1) is 0 Å². The van der Waals surface area contributed by atoms with Crippen molar-refractivity contribution in [2.24, 2.45) is 0 Å². The first-order valence-electron chi connectivity index (χ1n) is 8.43. The van der Waals surface area contributed by atoms with Gasteiger partial charge < -0.3 is 14.8 Å². The third kappa shape index (κ3) is 2.94. The molecule has 0 aromatic heterocycles. The summed E-state index contributed by atoms with van der Waals surface area (Å²) in [5, 5.41) is 7.40. The van der Waals surface area contributed by atoms with E-state index in [9.17, 15) is 4.79 Å². The van der Waals surface area contributed by atoms with Crippen LogP contribution in [0.1, 0.15) is 22.1 Å². The van der Waals surface area contributed by atoms with Gasteiger partial charge in [0.25, 0.3) is 5.91 Å². The number of nitrogens with zero attached hydrogens (tertiary/aromatic N) is 2. The summed E-state index contributed by atoms with van der Waals surface area (Å²) in [4.78, 5) is 13.2. The van der Waals surface area contributed by atoms with Crippen LogP contribution in [0.15, 0.2) is 48.5 Å². The van der Waals surface area contributed by atoms with E-state index in [1.165, 1.54) is 0 Å². The second-order valence-corrected chi connectivity index (χ2v) is 6.08. The molecule has 0 saturated carbocycles. The smallest absolute Gasteiger partial charge is 0.272 e. The molecule has 4 rings (SSSR count). The molecule has 1 atom stereocenters. The molecule has 0 radical (unpaired) electrons. The Morgan fingerprint density at radius 3 is 2.72 bits per heavy atom. The minimum atomic E-state index is -0.282. The summed E-state index contributed by atoms with van der Waals surface area (Å²) in [5.74, 6) is 0.775. The minimum absolute atomic E-state index is 0.00377. The lowest BCUT2D eigenvalue weighted by Crippen LogP contribution is -2.56. The van der Waals surface area contributed by atoms with Crippen molar-refractivity contribution in [3.8, 4) is 5.75 Å². The van der Waals surface area contributed by atoms with Crippen LogP contribution in [-0.2, 0) is 4.74 Å². The molecule has 0 bridgehead atoms. The van der Waals surface area contributed by atoms with E-state index in [1.54, 1.807) is 7.11 Å². The van der Waals surface area contributed by atoms with Crippen LogP contribution < -0.4 is 10.1 Å². The molecule has 0 spiro atoms. The predicted molar refractivity (Wildman–Crippen MR) is 94.4 cm³/mol. The lowest BCUT2D eigenvalue weighted by molar-refractivity contribution is -0.0864. The monoisotopic (exact) mass is 339 g/mol. The molecular weight excluding hydrogens is 318 g/mol. The number of nitrogens with one attached hydrogen (secondary N) is 1. The van der Waals surface area contributed by atoms with Crippen LogP contribution in [0.2, 0.25) is 0 Å². The second-order valence-electron chi connectivity index (χ2n) is 6.08. The number of carbonyl (C=O) groups is 1. The van der Waals surface area contributed by atoms with Crippen molar-refractivity contribution in [1.82, 2.24) is 10.0 Å². The lowest BCUT2D eigenvalue weighted by atomic mass is 10.0. The topological polar surface area (TPSA) is 54.0 Å². The summed E-state index contributed by atoms with van der Waals surface area (Å²) >= 11 is 0. The number of para-hydroxylation sites is 1. The number of amides is 1. The molecule has 0 aliphatic carbocycles. The molecule has 1 saturated heterocycles. The van der Waals surface area contributed by atoms with E-state index < -0.39 is 0 Å². The maximum atomic E-state index is 13.2. The molecule has 6 nitrogen and oxygen atoms in total. The fraction of sp³-hybridized carbons (Fsp3) is 0.316. The van der Waals surface area contributed by atoms with Gasteiger partial charge in [0.15, 0.2) is 0 Å². The minimum Gasteiger partial charge on any atom is -0.497 e. The molecule has 1 unspecified atom stereocenters.